The van der Waals surface area contributed by atoms with Crippen molar-refractivity contribution in [3.05, 3.63) is 101 Å². The Kier molecular flexibility index (Phi) is 8.81. The molecule has 2 saturated heterocycles. The van der Waals surface area contributed by atoms with E-state index in [1.54, 1.807) is 24.5 Å². The molecular weight excluding hydrogens is 478 g/mol. The quantitative estimate of drug-likeness (QED) is 0.449. The van der Waals surface area contributed by atoms with Crippen molar-refractivity contribution in [1.82, 2.24) is 15.2 Å². The van der Waals surface area contributed by atoms with E-state index in [4.69, 9.17) is 9.47 Å². The highest BCUT2D eigenvalue weighted by Crippen LogP contribution is 2.42. The zero-order chi connectivity index (χ0) is 26.3. The molecule has 4 atom stereocenters. The third kappa shape index (κ3) is 6.48. The smallest absolute Gasteiger partial charge is 0.253 e. The fourth-order valence-electron chi connectivity index (χ4n) is 5.30. The maximum atomic E-state index is 12.4. The van der Waals surface area contributed by atoms with E-state index in [1.807, 2.05) is 36.4 Å². The van der Waals surface area contributed by atoms with Crippen molar-refractivity contribution >= 4 is 5.91 Å². The molecule has 2 aliphatic rings. The second-order valence-electron chi connectivity index (χ2n) is 10.3. The first-order chi connectivity index (χ1) is 18.6. The van der Waals surface area contributed by atoms with Crippen molar-refractivity contribution in [3.63, 3.8) is 0 Å². The van der Waals surface area contributed by atoms with Crippen LogP contribution in [0.2, 0.25) is 0 Å². The normalized spacial score (nSPS) is 24.2. The second-order valence-corrected chi connectivity index (χ2v) is 10.3. The number of rotatable bonds is 8. The molecule has 5 rings (SSSR count). The number of hydrogen-bond donors (Lipinski definition) is 2. The van der Waals surface area contributed by atoms with Crippen LogP contribution < -0.4 is 5.32 Å². The number of ether oxygens (including phenoxy) is 2. The standard InChI is InChI=1S/C31H37N3O4/c1-22-28(20-34-16-3-2-4-17-34)37-31(38-29(22)25-11-9-24(21-35)10-12-25)26-13-7-23(8-14-26)18-33-30(36)27-6-5-15-32-19-27/h5-15,19,22,28-29,31,35H,2-4,16-18,20-21H2,1H3,(H,33,36)/t22-,28+,29+,31+/m1/s1. The van der Waals surface area contributed by atoms with E-state index in [9.17, 15) is 9.90 Å². The lowest BCUT2D eigenvalue weighted by Crippen LogP contribution is -2.45. The minimum atomic E-state index is -0.484. The minimum absolute atomic E-state index is 0.0275. The lowest BCUT2D eigenvalue weighted by molar-refractivity contribution is -0.276. The van der Waals surface area contributed by atoms with Gasteiger partial charge in [0.05, 0.1) is 24.4 Å². The molecule has 1 amide bonds. The molecule has 0 unspecified atom stereocenters. The topological polar surface area (TPSA) is 83.9 Å². The third-order valence-corrected chi connectivity index (χ3v) is 7.64. The zero-order valence-corrected chi connectivity index (χ0v) is 22.0. The van der Waals surface area contributed by atoms with Gasteiger partial charge in [-0.05, 0) is 54.8 Å². The van der Waals surface area contributed by atoms with Gasteiger partial charge in [-0.2, -0.15) is 0 Å². The molecule has 0 aliphatic carbocycles. The Morgan fingerprint density at radius 2 is 1.68 bits per heavy atom. The van der Waals surface area contributed by atoms with Crippen LogP contribution in [-0.2, 0) is 22.6 Å². The van der Waals surface area contributed by atoms with E-state index in [1.165, 1.54) is 19.3 Å². The highest BCUT2D eigenvalue weighted by Gasteiger charge is 2.39. The van der Waals surface area contributed by atoms with Gasteiger partial charge in [0.2, 0.25) is 0 Å². The van der Waals surface area contributed by atoms with E-state index < -0.39 is 6.29 Å². The number of piperidine rings is 1. The Labute approximate surface area is 224 Å². The number of aliphatic hydroxyl groups excluding tert-OH is 1. The molecule has 0 bridgehead atoms. The molecule has 0 saturated carbocycles. The van der Waals surface area contributed by atoms with Crippen LogP contribution in [0.25, 0.3) is 0 Å². The van der Waals surface area contributed by atoms with Crippen LogP contribution in [0, 0.1) is 5.92 Å². The Morgan fingerprint density at radius 1 is 0.974 bits per heavy atom. The van der Waals surface area contributed by atoms with Crippen LogP contribution >= 0.6 is 0 Å². The van der Waals surface area contributed by atoms with Crippen molar-refractivity contribution in [2.45, 2.75) is 57.8 Å². The van der Waals surface area contributed by atoms with Crippen LogP contribution in [0.3, 0.4) is 0 Å². The lowest BCUT2D eigenvalue weighted by Gasteiger charge is -2.43. The highest BCUT2D eigenvalue weighted by molar-refractivity contribution is 5.93. The minimum Gasteiger partial charge on any atom is -0.392 e. The summed E-state index contributed by atoms with van der Waals surface area (Å²) in [6.07, 6.45) is 6.43. The Balaban J connectivity index is 1.30. The highest BCUT2D eigenvalue weighted by atomic mass is 16.7. The first-order valence-corrected chi connectivity index (χ1v) is 13.6. The molecule has 2 N–H and O–H groups in total. The van der Waals surface area contributed by atoms with E-state index in [-0.39, 0.29) is 30.6 Å². The predicted octanol–water partition coefficient (Wildman–Crippen LogP) is 4.78. The fourth-order valence-corrected chi connectivity index (χ4v) is 5.30. The van der Waals surface area contributed by atoms with Crippen molar-refractivity contribution in [1.29, 1.82) is 0 Å². The van der Waals surface area contributed by atoms with E-state index in [2.05, 4.69) is 34.3 Å². The molecule has 3 heterocycles. The van der Waals surface area contributed by atoms with Gasteiger partial charge in [0, 0.05) is 37.0 Å². The molecule has 2 aromatic carbocycles. The van der Waals surface area contributed by atoms with Gasteiger partial charge in [-0.15, -0.1) is 0 Å². The van der Waals surface area contributed by atoms with Gasteiger partial charge in [-0.3, -0.25) is 9.78 Å². The summed E-state index contributed by atoms with van der Waals surface area (Å²) in [6, 6.07) is 19.6. The summed E-state index contributed by atoms with van der Waals surface area (Å²) in [5.74, 6) is 0.0286. The first kappa shape index (κ1) is 26.5. The van der Waals surface area contributed by atoms with Crippen molar-refractivity contribution < 1.29 is 19.4 Å². The maximum Gasteiger partial charge on any atom is 0.253 e. The molecule has 1 aromatic heterocycles. The summed E-state index contributed by atoms with van der Waals surface area (Å²) in [7, 11) is 0. The van der Waals surface area contributed by atoms with Crippen LogP contribution in [0.15, 0.2) is 73.1 Å². The summed E-state index contributed by atoms with van der Waals surface area (Å²) < 4.78 is 13.2. The van der Waals surface area contributed by atoms with Gasteiger partial charge in [0.25, 0.3) is 5.91 Å². The number of carbonyl (C=O) groups excluding carboxylic acids is 1. The molecule has 2 aliphatic heterocycles. The van der Waals surface area contributed by atoms with Crippen LogP contribution in [0.5, 0.6) is 0 Å². The number of aromatic nitrogens is 1. The molecule has 0 radical (unpaired) electrons. The molecule has 7 nitrogen and oxygen atoms in total. The van der Waals surface area contributed by atoms with Gasteiger partial charge >= 0.3 is 0 Å². The summed E-state index contributed by atoms with van der Waals surface area (Å²) in [5.41, 5.74) is 4.48. The zero-order valence-electron chi connectivity index (χ0n) is 22.0. The molecule has 38 heavy (non-hydrogen) atoms. The Hall–Kier alpha value is -3.10. The van der Waals surface area contributed by atoms with Crippen LogP contribution in [-0.4, -0.2) is 46.6 Å². The molecule has 3 aromatic rings. The molecule has 0 spiro atoms. The fraction of sp³-hybridized carbons (Fsp3) is 0.419. The number of hydrogen-bond acceptors (Lipinski definition) is 6. The summed E-state index contributed by atoms with van der Waals surface area (Å²) in [6.45, 7) is 5.80. The van der Waals surface area contributed by atoms with Gasteiger partial charge in [0.1, 0.15) is 0 Å². The number of pyridine rings is 1. The van der Waals surface area contributed by atoms with Crippen LogP contribution in [0.1, 0.15) is 71.2 Å². The number of benzene rings is 2. The SMILES string of the molecule is C[C@@H]1[C@H](CN2CCCCC2)O[C@H](c2ccc(CNC(=O)c3cccnc3)cc2)O[C@@H]1c1ccc(CO)cc1. The molecule has 7 heteroatoms. The monoisotopic (exact) mass is 515 g/mol. The van der Waals surface area contributed by atoms with Gasteiger partial charge < -0.3 is 24.8 Å². The number of likely N-dealkylation sites (tertiary alicyclic amines) is 1. The molecular formula is C31H37N3O4. The van der Waals surface area contributed by atoms with Crippen LogP contribution in [0.4, 0.5) is 0 Å². The van der Waals surface area contributed by atoms with Crippen molar-refractivity contribution in [2.75, 3.05) is 19.6 Å². The number of carbonyl (C=O) groups is 1. The largest absolute Gasteiger partial charge is 0.392 e. The first-order valence-electron chi connectivity index (χ1n) is 13.6. The molecule has 200 valence electrons. The Morgan fingerprint density at radius 3 is 2.37 bits per heavy atom. The Bertz CT molecular complexity index is 1160. The summed E-state index contributed by atoms with van der Waals surface area (Å²) in [4.78, 5) is 18.9. The summed E-state index contributed by atoms with van der Waals surface area (Å²) in [5, 5.41) is 12.4. The number of nitrogens with one attached hydrogen (secondary N) is 1. The third-order valence-electron chi connectivity index (χ3n) is 7.64. The average Bonchev–Trinajstić information content (AvgIpc) is 2.98. The van der Waals surface area contributed by atoms with E-state index in [0.29, 0.717) is 12.1 Å². The van der Waals surface area contributed by atoms with E-state index in [0.717, 1.165) is 41.9 Å². The van der Waals surface area contributed by atoms with Crippen molar-refractivity contribution in [2.24, 2.45) is 5.92 Å². The maximum absolute atomic E-state index is 12.4. The van der Waals surface area contributed by atoms with Gasteiger partial charge in [-0.25, -0.2) is 0 Å². The predicted molar refractivity (Wildman–Crippen MR) is 145 cm³/mol. The van der Waals surface area contributed by atoms with Crippen molar-refractivity contribution in [3.8, 4) is 0 Å². The van der Waals surface area contributed by atoms with Gasteiger partial charge in [0.15, 0.2) is 6.29 Å². The molecule has 2 fully saturated rings. The summed E-state index contributed by atoms with van der Waals surface area (Å²) >= 11 is 0. The van der Waals surface area contributed by atoms with Gasteiger partial charge in [-0.1, -0.05) is 61.9 Å². The number of amides is 1. The lowest BCUT2D eigenvalue weighted by atomic mass is 9.89. The average molecular weight is 516 g/mol. The second kappa shape index (κ2) is 12.6. The number of aliphatic hydroxyl groups is 1. The number of nitrogens with zero attached hydrogens (tertiary/aromatic N) is 2. The van der Waals surface area contributed by atoms with E-state index >= 15 is 0 Å².